The smallest absolute Gasteiger partial charge is 0.257 e. The third-order valence-corrected chi connectivity index (χ3v) is 4.78. The maximum Gasteiger partial charge on any atom is 0.257 e. The molecule has 24 heavy (non-hydrogen) atoms. The molecule has 0 aliphatic carbocycles. The monoisotopic (exact) mass is 352 g/mol. The van der Waals surface area contributed by atoms with Crippen LogP contribution in [0, 0.1) is 11.3 Å². The second kappa shape index (κ2) is 7.73. The molecule has 0 saturated heterocycles. The number of aromatic nitrogens is 2. The molecular weight excluding hydrogens is 340 g/mol. The maximum atomic E-state index is 12.1. The van der Waals surface area contributed by atoms with E-state index >= 15 is 0 Å². The number of benzene rings is 2. The molecule has 3 rings (SSSR count). The summed E-state index contributed by atoms with van der Waals surface area (Å²) in [6.45, 7) is 0. The lowest BCUT2D eigenvalue weighted by atomic mass is 10.1. The number of hydrogen-bond acceptors (Lipinski definition) is 6. The highest BCUT2D eigenvalue weighted by atomic mass is 32.2. The Labute approximate surface area is 147 Å². The summed E-state index contributed by atoms with van der Waals surface area (Å²) in [7, 11) is 0. The average Bonchev–Trinajstić information content (AvgIpc) is 3.08. The van der Waals surface area contributed by atoms with Crippen molar-refractivity contribution in [2.75, 3.05) is 5.32 Å². The molecule has 3 aromatic rings. The molecule has 2 aromatic carbocycles. The first kappa shape index (κ1) is 16.2. The standard InChI is InChI=1S/C17H12N4OS2/c18-10-12-6-8-14(9-7-12)15(22)19-16-20-17(21-24-16)23-11-13-4-2-1-3-5-13/h1-9H,11H2,(H,19,20,21,22). The van der Waals surface area contributed by atoms with E-state index in [4.69, 9.17) is 5.26 Å². The lowest BCUT2D eigenvalue weighted by molar-refractivity contribution is 0.102. The normalized spacial score (nSPS) is 10.1. The van der Waals surface area contributed by atoms with Crippen LogP contribution in [0.4, 0.5) is 5.13 Å². The highest BCUT2D eigenvalue weighted by molar-refractivity contribution is 7.98. The molecule has 0 saturated carbocycles. The Kier molecular flexibility index (Phi) is 5.21. The van der Waals surface area contributed by atoms with E-state index in [0.717, 1.165) is 17.3 Å². The predicted octanol–water partition coefficient (Wildman–Crippen LogP) is 3.95. The van der Waals surface area contributed by atoms with Crippen LogP contribution in [-0.4, -0.2) is 15.3 Å². The molecule has 118 valence electrons. The summed E-state index contributed by atoms with van der Waals surface area (Å²) in [5.41, 5.74) is 2.19. The molecule has 1 N–H and O–H groups in total. The summed E-state index contributed by atoms with van der Waals surface area (Å²) in [5.74, 6) is 0.510. The van der Waals surface area contributed by atoms with E-state index in [-0.39, 0.29) is 5.91 Å². The van der Waals surface area contributed by atoms with Gasteiger partial charge in [-0.1, -0.05) is 42.1 Å². The molecule has 0 spiro atoms. The third kappa shape index (κ3) is 4.19. The van der Waals surface area contributed by atoms with Crippen LogP contribution in [0.3, 0.4) is 0 Å². The highest BCUT2D eigenvalue weighted by Crippen LogP contribution is 2.23. The summed E-state index contributed by atoms with van der Waals surface area (Å²) in [5, 5.41) is 12.6. The minimum atomic E-state index is -0.268. The average molecular weight is 352 g/mol. The molecule has 1 amide bonds. The van der Waals surface area contributed by atoms with E-state index in [1.165, 1.54) is 17.3 Å². The fraction of sp³-hybridized carbons (Fsp3) is 0.0588. The van der Waals surface area contributed by atoms with Crippen molar-refractivity contribution in [3.8, 4) is 6.07 Å². The van der Waals surface area contributed by atoms with E-state index < -0.39 is 0 Å². The van der Waals surface area contributed by atoms with Gasteiger partial charge in [-0.25, -0.2) is 0 Å². The van der Waals surface area contributed by atoms with Crippen molar-refractivity contribution in [1.82, 2.24) is 9.36 Å². The lowest BCUT2D eigenvalue weighted by Gasteiger charge is -2.01. The molecular formula is C17H12N4OS2. The number of nitrogens with zero attached hydrogens (tertiary/aromatic N) is 3. The molecule has 0 unspecified atom stereocenters. The van der Waals surface area contributed by atoms with Gasteiger partial charge in [0.15, 0.2) is 0 Å². The van der Waals surface area contributed by atoms with Gasteiger partial charge in [-0.15, -0.1) is 0 Å². The Morgan fingerprint density at radius 1 is 1.17 bits per heavy atom. The Hall–Kier alpha value is -2.69. The van der Waals surface area contributed by atoms with Crippen LogP contribution >= 0.6 is 23.3 Å². The van der Waals surface area contributed by atoms with Gasteiger partial charge < -0.3 is 0 Å². The number of anilines is 1. The van der Waals surface area contributed by atoms with Crippen LogP contribution in [0.1, 0.15) is 21.5 Å². The topological polar surface area (TPSA) is 78.7 Å². The number of thioether (sulfide) groups is 1. The van der Waals surface area contributed by atoms with E-state index in [2.05, 4.69) is 14.7 Å². The molecule has 0 aliphatic heterocycles. The lowest BCUT2D eigenvalue weighted by Crippen LogP contribution is -2.11. The van der Waals surface area contributed by atoms with Crippen molar-refractivity contribution in [2.24, 2.45) is 0 Å². The first-order chi connectivity index (χ1) is 11.7. The molecule has 0 bridgehead atoms. The Morgan fingerprint density at radius 2 is 1.92 bits per heavy atom. The fourth-order valence-corrected chi connectivity index (χ4v) is 3.40. The van der Waals surface area contributed by atoms with E-state index in [1.807, 2.05) is 36.4 Å². The maximum absolute atomic E-state index is 12.1. The van der Waals surface area contributed by atoms with Gasteiger partial charge in [0.2, 0.25) is 10.3 Å². The number of carbonyl (C=O) groups excluding carboxylic acids is 1. The summed E-state index contributed by atoms with van der Waals surface area (Å²) in [6.07, 6.45) is 0. The van der Waals surface area contributed by atoms with Crippen molar-refractivity contribution >= 4 is 34.3 Å². The van der Waals surface area contributed by atoms with Crippen molar-refractivity contribution in [3.05, 3.63) is 71.3 Å². The molecule has 0 fully saturated rings. The molecule has 0 aliphatic rings. The van der Waals surface area contributed by atoms with Crippen LogP contribution < -0.4 is 5.32 Å². The van der Waals surface area contributed by atoms with Gasteiger partial charge in [0.05, 0.1) is 11.6 Å². The number of carbonyl (C=O) groups is 1. The third-order valence-electron chi connectivity index (χ3n) is 3.11. The first-order valence-corrected chi connectivity index (χ1v) is 8.82. The summed E-state index contributed by atoms with van der Waals surface area (Å²) >= 11 is 2.67. The van der Waals surface area contributed by atoms with Crippen molar-refractivity contribution in [1.29, 1.82) is 5.26 Å². The number of nitrogens with one attached hydrogen (secondary N) is 1. The number of rotatable bonds is 5. The molecule has 1 aromatic heterocycles. The Morgan fingerprint density at radius 3 is 2.62 bits per heavy atom. The van der Waals surface area contributed by atoms with Crippen molar-refractivity contribution in [3.63, 3.8) is 0 Å². The molecule has 0 atom stereocenters. The zero-order chi connectivity index (χ0) is 16.8. The number of hydrogen-bond donors (Lipinski definition) is 1. The van der Waals surface area contributed by atoms with Gasteiger partial charge >= 0.3 is 0 Å². The predicted molar refractivity (Wildman–Crippen MR) is 95.0 cm³/mol. The molecule has 7 heteroatoms. The van der Waals surface area contributed by atoms with Crippen LogP contribution in [0.5, 0.6) is 0 Å². The minimum absolute atomic E-state index is 0.268. The molecule has 5 nitrogen and oxygen atoms in total. The van der Waals surface area contributed by atoms with E-state index in [1.54, 1.807) is 24.3 Å². The van der Waals surface area contributed by atoms with Gasteiger partial charge in [-0.2, -0.15) is 14.6 Å². The Balaban J connectivity index is 1.59. The minimum Gasteiger partial charge on any atom is -0.297 e. The quantitative estimate of drug-likeness (QED) is 0.703. The number of amides is 1. The van der Waals surface area contributed by atoms with E-state index in [9.17, 15) is 4.79 Å². The zero-order valence-electron chi connectivity index (χ0n) is 12.5. The van der Waals surface area contributed by atoms with Crippen LogP contribution in [0.25, 0.3) is 0 Å². The summed E-state index contributed by atoms with van der Waals surface area (Å²) < 4.78 is 4.24. The van der Waals surface area contributed by atoms with Crippen LogP contribution in [-0.2, 0) is 5.75 Å². The van der Waals surface area contributed by atoms with Gasteiger partial charge in [0, 0.05) is 22.8 Å². The molecule has 1 heterocycles. The SMILES string of the molecule is N#Cc1ccc(C(=O)Nc2nc(SCc3ccccc3)ns2)cc1. The second-order valence-electron chi connectivity index (χ2n) is 4.80. The van der Waals surface area contributed by atoms with Gasteiger partial charge in [-0.3, -0.25) is 10.1 Å². The molecule has 0 radical (unpaired) electrons. The van der Waals surface area contributed by atoms with Crippen molar-refractivity contribution in [2.45, 2.75) is 10.9 Å². The summed E-state index contributed by atoms with van der Waals surface area (Å²) in [4.78, 5) is 16.5. The largest absolute Gasteiger partial charge is 0.297 e. The number of nitriles is 1. The summed E-state index contributed by atoms with van der Waals surface area (Å²) in [6, 6.07) is 18.5. The van der Waals surface area contributed by atoms with Gasteiger partial charge in [-0.05, 0) is 29.8 Å². The van der Waals surface area contributed by atoms with Gasteiger partial charge in [0.25, 0.3) is 5.91 Å². The Bertz CT molecular complexity index is 870. The fourth-order valence-electron chi connectivity index (χ4n) is 1.91. The highest BCUT2D eigenvalue weighted by Gasteiger charge is 2.10. The zero-order valence-corrected chi connectivity index (χ0v) is 14.1. The van der Waals surface area contributed by atoms with Crippen molar-refractivity contribution < 1.29 is 4.79 Å². The van der Waals surface area contributed by atoms with Gasteiger partial charge in [0.1, 0.15) is 0 Å². The van der Waals surface area contributed by atoms with Crippen LogP contribution in [0.15, 0.2) is 59.8 Å². The second-order valence-corrected chi connectivity index (χ2v) is 6.49. The first-order valence-electron chi connectivity index (χ1n) is 7.06. The van der Waals surface area contributed by atoms with E-state index in [0.29, 0.717) is 21.4 Å². The van der Waals surface area contributed by atoms with Crippen LogP contribution in [0.2, 0.25) is 0 Å².